The molecular weight excluding hydrogens is 358 g/mol. The molecule has 2 aromatic rings. The molecule has 0 radical (unpaired) electrons. The zero-order chi connectivity index (χ0) is 18.4. The van der Waals surface area contributed by atoms with Crippen molar-refractivity contribution in [3.05, 3.63) is 53.1 Å². The highest BCUT2D eigenvalue weighted by Gasteiger charge is 2.15. The number of methoxy groups -OCH3 is 1. The number of halogens is 3. The Labute approximate surface area is 146 Å². The van der Waals surface area contributed by atoms with E-state index in [1.165, 1.54) is 37.4 Å². The molecule has 0 unspecified atom stereocenters. The van der Waals surface area contributed by atoms with Crippen LogP contribution in [-0.2, 0) is 0 Å². The molecule has 0 aliphatic heterocycles. The van der Waals surface area contributed by atoms with Gasteiger partial charge in [-0.1, -0.05) is 23.7 Å². The van der Waals surface area contributed by atoms with Gasteiger partial charge in [-0.15, -0.1) is 0 Å². The van der Waals surface area contributed by atoms with Crippen LogP contribution in [0.5, 0.6) is 11.5 Å². The lowest BCUT2D eigenvalue weighted by molar-refractivity contribution is -0.0512. The molecule has 0 heterocycles. The molecule has 0 saturated carbocycles. The Kier molecular flexibility index (Phi) is 6.13. The summed E-state index contributed by atoms with van der Waals surface area (Å²) in [7, 11) is 1.26. The lowest BCUT2D eigenvalue weighted by atomic mass is 10.2. The number of anilines is 1. The van der Waals surface area contributed by atoms with Gasteiger partial charge in [0.25, 0.3) is 5.91 Å². The zero-order valence-corrected chi connectivity index (χ0v) is 13.6. The van der Waals surface area contributed by atoms with Crippen LogP contribution in [0.25, 0.3) is 0 Å². The number of benzene rings is 2. The first-order valence-corrected chi connectivity index (χ1v) is 7.28. The van der Waals surface area contributed by atoms with Crippen molar-refractivity contribution in [3.63, 3.8) is 0 Å². The van der Waals surface area contributed by atoms with Gasteiger partial charge in [-0.3, -0.25) is 10.1 Å². The SMILES string of the molecule is COc1cc(NC(=O)NC(=O)c2ccccc2Cl)ccc1OC(F)F. The quantitative estimate of drug-likeness (QED) is 0.836. The third-order valence-corrected chi connectivity index (χ3v) is 3.31. The zero-order valence-electron chi connectivity index (χ0n) is 12.9. The fourth-order valence-electron chi connectivity index (χ4n) is 1.92. The first-order chi connectivity index (χ1) is 11.9. The highest BCUT2D eigenvalue weighted by molar-refractivity contribution is 6.34. The summed E-state index contributed by atoms with van der Waals surface area (Å²) in [4.78, 5) is 23.9. The largest absolute Gasteiger partial charge is 0.493 e. The number of imide groups is 1. The Balaban J connectivity index is 2.05. The van der Waals surface area contributed by atoms with Crippen molar-refractivity contribution < 1.29 is 27.8 Å². The molecule has 0 aromatic heterocycles. The summed E-state index contributed by atoms with van der Waals surface area (Å²) in [5.41, 5.74) is 0.348. The average molecular weight is 371 g/mol. The molecule has 3 amide bonds. The fourth-order valence-corrected chi connectivity index (χ4v) is 2.14. The maximum Gasteiger partial charge on any atom is 0.387 e. The summed E-state index contributed by atoms with van der Waals surface area (Å²) < 4.78 is 33.8. The van der Waals surface area contributed by atoms with Crippen LogP contribution >= 0.6 is 11.6 Å². The maximum atomic E-state index is 12.3. The predicted octanol–water partition coefficient (Wildman–Crippen LogP) is 3.91. The average Bonchev–Trinajstić information content (AvgIpc) is 2.56. The normalized spacial score (nSPS) is 10.3. The number of urea groups is 1. The highest BCUT2D eigenvalue weighted by atomic mass is 35.5. The van der Waals surface area contributed by atoms with Crippen LogP contribution in [0.3, 0.4) is 0 Å². The molecule has 0 saturated heterocycles. The summed E-state index contributed by atoms with van der Waals surface area (Å²) in [5.74, 6) is -0.876. The van der Waals surface area contributed by atoms with Crippen molar-refractivity contribution in [3.8, 4) is 11.5 Å². The molecule has 132 valence electrons. The molecule has 25 heavy (non-hydrogen) atoms. The smallest absolute Gasteiger partial charge is 0.387 e. The summed E-state index contributed by atoms with van der Waals surface area (Å²) in [6.07, 6.45) is 0. The maximum absolute atomic E-state index is 12.3. The number of nitrogens with one attached hydrogen (secondary N) is 2. The highest BCUT2D eigenvalue weighted by Crippen LogP contribution is 2.31. The Bertz CT molecular complexity index is 786. The van der Waals surface area contributed by atoms with Gasteiger partial charge in [-0.05, 0) is 24.3 Å². The monoisotopic (exact) mass is 370 g/mol. The molecule has 0 bridgehead atoms. The topological polar surface area (TPSA) is 76.7 Å². The number of amides is 3. The van der Waals surface area contributed by atoms with Crippen LogP contribution in [0.4, 0.5) is 19.3 Å². The van der Waals surface area contributed by atoms with Gasteiger partial charge in [0.15, 0.2) is 11.5 Å². The van der Waals surface area contributed by atoms with Gasteiger partial charge in [-0.25, -0.2) is 4.79 Å². The second-order valence-electron chi connectivity index (χ2n) is 4.63. The minimum Gasteiger partial charge on any atom is -0.493 e. The first-order valence-electron chi connectivity index (χ1n) is 6.90. The van der Waals surface area contributed by atoms with E-state index in [0.29, 0.717) is 0 Å². The van der Waals surface area contributed by atoms with Crippen LogP contribution in [0.15, 0.2) is 42.5 Å². The van der Waals surface area contributed by atoms with E-state index in [4.69, 9.17) is 16.3 Å². The summed E-state index contributed by atoms with van der Waals surface area (Å²) in [5, 5.41) is 4.68. The second kappa shape index (κ2) is 8.29. The lowest BCUT2D eigenvalue weighted by Crippen LogP contribution is -2.34. The number of carbonyl (C=O) groups excluding carboxylic acids is 2. The van der Waals surface area contributed by atoms with Gasteiger partial charge in [0.05, 0.1) is 17.7 Å². The van der Waals surface area contributed by atoms with Crippen LogP contribution < -0.4 is 20.1 Å². The molecule has 2 rings (SSSR count). The molecule has 2 N–H and O–H groups in total. The van der Waals surface area contributed by atoms with E-state index in [0.717, 1.165) is 0 Å². The molecule has 0 spiro atoms. The standard InChI is InChI=1S/C16H13ClF2N2O4/c1-24-13-8-9(6-7-12(13)25-15(18)19)20-16(23)21-14(22)10-4-2-3-5-11(10)17/h2-8,15H,1H3,(H2,20,21,22,23). The van der Waals surface area contributed by atoms with Gasteiger partial charge in [0.2, 0.25) is 0 Å². The van der Waals surface area contributed by atoms with Gasteiger partial charge >= 0.3 is 12.6 Å². The van der Waals surface area contributed by atoms with E-state index in [9.17, 15) is 18.4 Å². The van der Waals surface area contributed by atoms with Crippen LogP contribution in [0.2, 0.25) is 5.02 Å². The molecule has 6 nitrogen and oxygen atoms in total. The molecule has 0 aliphatic rings. The lowest BCUT2D eigenvalue weighted by Gasteiger charge is -2.12. The molecule has 2 aromatic carbocycles. The second-order valence-corrected chi connectivity index (χ2v) is 5.04. The van der Waals surface area contributed by atoms with E-state index in [1.54, 1.807) is 12.1 Å². The summed E-state index contributed by atoms with van der Waals surface area (Å²) in [6, 6.07) is 9.20. The Morgan fingerprint density at radius 1 is 1.12 bits per heavy atom. The third-order valence-electron chi connectivity index (χ3n) is 2.98. The van der Waals surface area contributed by atoms with E-state index in [-0.39, 0.29) is 27.8 Å². The van der Waals surface area contributed by atoms with Crippen LogP contribution in [0, 0.1) is 0 Å². The van der Waals surface area contributed by atoms with Crippen molar-refractivity contribution in [2.24, 2.45) is 0 Å². The van der Waals surface area contributed by atoms with Crippen molar-refractivity contribution in [1.82, 2.24) is 5.32 Å². The number of alkyl halides is 2. The summed E-state index contributed by atoms with van der Waals surface area (Å²) in [6.45, 7) is -3.01. The van der Waals surface area contributed by atoms with Crippen LogP contribution in [0.1, 0.15) is 10.4 Å². The van der Waals surface area contributed by atoms with E-state index < -0.39 is 18.5 Å². The Morgan fingerprint density at radius 2 is 1.84 bits per heavy atom. The van der Waals surface area contributed by atoms with E-state index >= 15 is 0 Å². The number of hydrogen-bond acceptors (Lipinski definition) is 4. The third kappa shape index (κ3) is 5.05. The number of hydrogen-bond donors (Lipinski definition) is 2. The number of ether oxygens (including phenoxy) is 2. The molecule has 0 fully saturated rings. The van der Waals surface area contributed by atoms with Crippen molar-refractivity contribution in [2.75, 3.05) is 12.4 Å². The summed E-state index contributed by atoms with van der Waals surface area (Å²) >= 11 is 5.88. The predicted molar refractivity (Wildman–Crippen MR) is 87.6 cm³/mol. The van der Waals surface area contributed by atoms with Gasteiger partial charge in [0, 0.05) is 11.8 Å². The minimum atomic E-state index is -3.01. The van der Waals surface area contributed by atoms with Gasteiger partial charge < -0.3 is 14.8 Å². The fraction of sp³-hybridized carbons (Fsp3) is 0.125. The van der Waals surface area contributed by atoms with Gasteiger partial charge in [0.1, 0.15) is 0 Å². The Hall–Kier alpha value is -2.87. The first kappa shape index (κ1) is 18.5. The van der Waals surface area contributed by atoms with Crippen LogP contribution in [-0.4, -0.2) is 25.7 Å². The molecule has 9 heteroatoms. The van der Waals surface area contributed by atoms with Crippen molar-refractivity contribution in [1.29, 1.82) is 0 Å². The van der Waals surface area contributed by atoms with E-state index in [1.807, 2.05) is 0 Å². The molecular formula is C16H13ClF2N2O4. The number of carbonyl (C=O) groups is 2. The minimum absolute atomic E-state index is 0.00414. The van der Waals surface area contributed by atoms with Gasteiger partial charge in [-0.2, -0.15) is 8.78 Å². The van der Waals surface area contributed by atoms with Crippen molar-refractivity contribution in [2.45, 2.75) is 6.61 Å². The molecule has 0 aliphatic carbocycles. The van der Waals surface area contributed by atoms with E-state index in [2.05, 4.69) is 15.4 Å². The molecule has 0 atom stereocenters. The Morgan fingerprint density at radius 3 is 2.48 bits per heavy atom. The van der Waals surface area contributed by atoms with Crippen molar-refractivity contribution >= 4 is 29.2 Å². The number of rotatable bonds is 5.